The molecule has 26 heavy (non-hydrogen) atoms. The SMILES string of the molecule is Cn1cc(C2CC2C(=O)NC(c2ccc(F)cc2)c2nccn2C)cn1. The second-order valence-electron chi connectivity index (χ2n) is 6.79. The third-order valence-corrected chi connectivity index (χ3v) is 4.89. The molecule has 1 aromatic carbocycles. The van der Waals surface area contributed by atoms with E-state index in [1.807, 2.05) is 37.3 Å². The van der Waals surface area contributed by atoms with E-state index in [0.29, 0.717) is 5.82 Å². The number of aromatic nitrogens is 4. The molecule has 0 bridgehead atoms. The smallest absolute Gasteiger partial charge is 0.224 e. The van der Waals surface area contributed by atoms with Crippen molar-refractivity contribution in [2.24, 2.45) is 20.0 Å². The Bertz CT molecular complexity index is 930. The first-order valence-electron chi connectivity index (χ1n) is 8.54. The third kappa shape index (κ3) is 3.12. The Balaban J connectivity index is 1.55. The monoisotopic (exact) mass is 353 g/mol. The quantitative estimate of drug-likeness (QED) is 0.765. The van der Waals surface area contributed by atoms with E-state index in [1.165, 1.54) is 12.1 Å². The summed E-state index contributed by atoms with van der Waals surface area (Å²) in [5.41, 5.74) is 1.88. The minimum absolute atomic E-state index is 0.0174. The Hall–Kier alpha value is -2.96. The fourth-order valence-electron chi connectivity index (χ4n) is 3.34. The number of aryl methyl sites for hydroxylation is 2. The van der Waals surface area contributed by atoms with E-state index in [-0.39, 0.29) is 23.6 Å². The minimum Gasteiger partial charge on any atom is -0.342 e. The molecular weight excluding hydrogens is 333 g/mol. The zero-order chi connectivity index (χ0) is 18.3. The highest BCUT2D eigenvalue weighted by atomic mass is 19.1. The zero-order valence-electron chi connectivity index (χ0n) is 14.6. The normalized spacial score (nSPS) is 20.0. The second-order valence-corrected chi connectivity index (χ2v) is 6.79. The van der Waals surface area contributed by atoms with Crippen LogP contribution in [0.3, 0.4) is 0 Å². The van der Waals surface area contributed by atoms with E-state index in [1.54, 1.807) is 23.0 Å². The van der Waals surface area contributed by atoms with Crippen LogP contribution in [0.4, 0.5) is 4.39 Å². The number of nitrogens with one attached hydrogen (secondary N) is 1. The molecule has 134 valence electrons. The molecule has 1 fully saturated rings. The highest BCUT2D eigenvalue weighted by molar-refractivity contribution is 5.83. The lowest BCUT2D eigenvalue weighted by molar-refractivity contribution is -0.123. The molecule has 2 aromatic heterocycles. The molecule has 3 unspecified atom stereocenters. The van der Waals surface area contributed by atoms with Crippen molar-refractivity contribution in [3.8, 4) is 0 Å². The Morgan fingerprint density at radius 3 is 2.69 bits per heavy atom. The number of carbonyl (C=O) groups is 1. The van der Waals surface area contributed by atoms with E-state index in [4.69, 9.17) is 0 Å². The van der Waals surface area contributed by atoms with Crippen LogP contribution in [0.1, 0.15) is 35.3 Å². The van der Waals surface area contributed by atoms with Crippen LogP contribution in [0, 0.1) is 11.7 Å². The summed E-state index contributed by atoms with van der Waals surface area (Å²) in [5.74, 6) is 0.526. The largest absolute Gasteiger partial charge is 0.342 e. The van der Waals surface area contributed by atoms with Gasteiger partial charge in [0, 0.05) is 38.6 Å². The maximum atomic E-state index is 13.3. The summed E-state index contributed by atoms with van der Waals surface area (Å²) in [4.78, 5) is 17.2. The summed E-state index contributed by atoms with van der Waals surface area (Å²) in [6.45, 7) is 0. The fourth-order valence-corrected chi connectivity index (χ4v) is 3.34. The van der Waals surface area contributed by atoms with Gasteiger partial charge >= 0.3 is 0 Å². The van der Waals surface area contributed by atoms with Gasteiger partial charge in [-0.2, -0.15) is 5.10 Å². The van der Waals surface area contributed by atoms with E-state index in [0.717, 1.165) is 17.5 Å². The molecule has 1 amide bonds. The third-order valence-electron chi connectivity index (χ3n) is 4.89. The first kappa shape index (κ1) is 16.5. The molecule has 1 saturated carbocycles. The lowest BCUT2D eigenvalue weighted by Gasteiger charge is -2.19. The Kier molecular flexibility index (Phi) is 4.06. The van der Waals surface area contributed by atoms with Crippen LogP contribution in [-0.4, -0.2) is 25.2 Å². The first-order valence-corrected chi connectivity index (χ1v) is 8.54. The van der Waals surface area contributed by atoms with E-state index < -0.39 is 6.04 Å². The summed E-state index contributed by atoms with van der Waals surface area (Å²) in [6.07, 6.45) is 8.09. The van der Waals surface area contributed by atoms with E-state index in [2.05, 4.69) is 15.4 Å². The number of benzene rings is 1. The fraction of sp³-hybridized carbons (Fsp3) is 0.316. The van der Waals surface area contributed by atoms with Gasteiger partial charge < -0.3 is 9.88 Å². The van der Waals surface area contributed by atoms with Gasteiger partial charge in [0.25, 0.3) is 0 Å². The Labute approximate surface area is 150 Å². The molecule has 1 aliphatic rings. The number of carbonyl (C=O) groups excluding carboxylic acids is 1. The lowest BCUT2D eigenvalue weighted by atomic mass is 10.1. The van der Waals surface area contributed by atoms with Gasteiger partial charge in [-0.1, -0.05) is 12.1 Å². The molecule has 3 atom stereocenters. The number of hydrogen-bond acceptors (Lipinski definition) is 3. The molecular formula is C19H20FN5O. The Morgan fingerprint density at radius 2 is 2.08 bits per heavy atom. The summed E-state index contributed by atoms with van der Waals surface area (Å²) in [7, 11) is 3.74. The van der Waals surface area contributed by atoms with Gasteiger partial charge in [0.2, 0.25) is 5.91 Å². The Morgan fingerprint density at radius 1 is 1.31 bits per heavy atom. The van der Waals surface area contributed by atoms with Crippen molar-refractivity contribution in [1.82, 2.24) is 24.6 Å². The summed E-state index contributed by atoms with van der Waals surface area (Å²) in [6, 6.07) is 5.74. The average Bonchev–Trinajstić information content (AvgIpc) is 3.14. The van der Waals surface area contributed by atoms with Crippen molar-refractivity contribution in [3.05, 3.63) is 71.8 Å². The number of imidazole rings is 1. The van der Waals surface area contributed by atoms with Crippen molar-refractivity contribution in [3.63, 3.8) is 0 Å². The lowest BCUT2D eigenvalue weighted by Crippen LogP contribution is -2.32. The molecule has 4 rings (SSSR count). The first-order chi connectivity index (χ1) is 12.5. The summed E-state index contributed by atoms with van der Waals surface area (Å²) in [5, 5.41) is 7.27. The summed E-state index contributed by atoms with van der Waals surface area (Å²) < 4.78 is 16.9. The number of nitrogens with zero attached hydrogens (tertiary/aromatic N) is 4. The van der Waals surface area contributed by atoms with E-state index >= 15 is 0 Å². The molecule has 0 aliphatic heterocycles. The molecule has 0 saturated heterocycles. The van der Waals surface area contributed by atoms with Gasteiger partial charge in [0.05, 0.1) is 6.20 Å². The highest BCUT2D eigenvalue weighted by Gasteiger charge is 2.45. The van der Waals surface area contributed by atoms with Crippen LogP contribution in [0.2, 0.25) is 0 Å². The van der Waals surface area contributed by atoms with E-state index in [9.17, 15) is 9.18 Å². The molecule has 7 heteroatoms. The number of rotatable bonds is 5. The van der Waals surface area contributed by atoms with Gasteiger partial charge in [-0.05, 0) is 35.6 Å². The molecule has 2 heterocycles. The molecule has 3 aromatic rings. The van der Waals surface area contributed by atoms with Crippen LogP contribution in [0.5, 0.6) is 0 Å². The minimum atomic E-state index is -0.418. The van der Waals surface area contributed by atoms with Crippen LogP contribution >= 0.6 is 0 Å². The van der Waals surface area contributed by atoms with Crippen molar-refractivity contribution in [1.29, 1.82) is 0 Å². The van der Waals surface area contributed by atoms with Gasteiger partial charge in [-0.15, -0.1) is 0 Å². The zero-order valence-corrected chi connectivity index (χ0v) is 14.6. The van der Waals surface area contributed by atoms with Gasteiger partial charge in [-0.3, -0.25) is 9.48 Å². The van der Waals surface area contributed by atoms with Crippen LogP contribution in [0.25, 0.3) is 0 Å². The molecule has 1 aliphatic carbocycles. The molecule has 0 radical (unpaired) electrons. The van der Waals surface area contributed by atoms with Crippen molar-refractivity contribution in [2.45, 2.75) is 18.4 Å². The van der Waals surface area contributed by atoms with Gasteiger partial charge in [0.1, 0.15) is 17.7 Å². The van der Waals surface area contributed by atoms with Crippen LogP contribution in [-0.2, 0) is 18.9 Å². The number of amides is 1. The van der Waals surface area contributed by atoms with Gasteiger partial charge in [0.15, 0.2) is 0 Å². The molecule has 0 spiro atoms. The van der Waals surface area contributed by atoms with Crippen LogP contribution < -0.4 is 5.32 Å². The number of hydrogen-bond donors (Lipinski definition) is 1. The predicted octanol–water partition coefficient (Wildman–Crippen LogP) is 2.30. The van der Waals surface area contributed by atoms with Crippen molar-refractivity contribution in [2.75, 3.05) is 0 Å². The van der Waals surface area contributed by atoms with Gasteiger partial charge in [-0.25, -0.2) is 9.37 Å². The number of halogens is 1. The predicted molar refractivity (Wildman–Crippen MR) is 93.6 cm³/mol. The van der Waals surface area contributed by atoms with Crippen molar-refractivity contribution < 1.29 is 9.18 Å². The maximum absolute atomic E-state index is 13.3. The van der Waals surface area contributed by atoms with Crippen molar-refractivity contribution >= 4 is 5.91 Å². The molecule has 6 nitrogen and oxygen atoms in total. The molecule has 1 N–H and O–H groups in total. The second kappa shape index (κ2) is 6.40. The highest BCUT2D eigenvalue weighted by Crippen LogP contribution is 2.47. The topological polar surface area (TPSA) is 64.7 Å². The van der Waals surface area contributed by atoms with Crippen LogP contribution in [0.15, 0.2) is 49.1 Å². The summed E-state index contributed by atoms with van der Waals surface area (Å²) >= 11 is 0. The standard InChI is InChI=1S/C19H20FN5O/c1-24-8-7-21-18(24)17(12-3-5-14(20)6-4-12)23-19(26)16-9-15(16)13-10-22-25(2)11-13/h3-8,10-11,15-17H,9H2,1-2H3,(H,23,26). The maximum Gasteiger partial charge on any atom is 0.224 e. The average molecular weight is 353 g/mol.